The Morgan fingerprint density at radius 3 is 2.86 bits per heavy atom. The van der Waals surface area contributed by atoms with E-state index in [0.29, 0.717) is 5.84 Å². The van der Waals surface area contributed by atoms with Crippen LogP contribution in [0.2, 0.25) is 0 Å². The number of carbonyl (C=O) groups is 2. The molecule has 0 spiro atoms. The monoisotopic (exact) mass is 333 g/mol. The van der Waals surface area contributed by atoms with Crippen LogP contribution in [0.1, 0.15) is 13.8 Å². The van der Waals surface area contributed by atoms with Crippen LogP contribution >= 0.6 is 10.8 Å². The average Bonchev–Trinajstić information content (AvgIpc) is 2.77. The zero-order chi connectivity index (χ0) is 16.4. The number of rotatable bonds is 5. The maximum atomic E-state index is 14.0. The number of carbonyl (C=O) groups excluding carboxylic acids is 2. The molecule has 1 saturated heterocycles. The lowest BCUT2D eigenvalue weighted by Gasteiger charge is -2.37. The second-order valence-electron chi connectivity index (χ2n) is 4.94. The molecule has 0 aromatic rings. The van der Waals surface area contributed by atoms with E-state index in [2.05, 4.69) is 10.4 Å². The molecule has 2 unspecified atom stereocenters. The fourth-order valence-electron chi connectivity index (χ4n) is 1.99. The third kappa shape index (κ3) is 3.22. The Kier molecular flexibility index (Phi) is 5.01. The zero-order valence-electron chi connectivity index (χ0n) is 12.9. The number of hydrogen-bond donors (Lipinski definition) is 1. The van der Waals surface area contributed by atoms with Gasteiger partial charge in [-0.15, -0.1) is 0 Å². The lowest BCUT2D eigenvalue weighted by molar-refractivity contribution is 0.0684. The number of halogens is 1. The van der Waals surface area contributed by atoms with Gasteiger partial charge in [0.15, 0.2) is 0 Å². The van der Waals surface area contributed by atoms with Crippen molar-refractivity contribution in [1.82, 2.24) is 20.1 Å². The van der Waals surface area contributed by atoms with E-state index in [0.717, 1.165) is 9.91 Å². The van der Waals surface area contributed by atoms with E-state index in [1.165, 1.54) is 0 Å². The maximum absolute atomic E-state index is 14.0. The molecule has 22 heavy (non-hydrogen) atoms. The molecule has 2 heterocycles. The van der Waals surface area contributed by atoms with Crippen molar-refractivity contribution in [3.8, 4) is 0 Å². The highest BCUT2D eigenvalue weighted by molar-refractivity contribution is 8.10. The fraction of sp³-hybridized carbons (Fsp3) is 0.667. The molecule has 8 nitrogen and oxygen atoms in total. The molecule has 0 aromatic carbocycles. The van der Waals surface area contributed by atoms with Gasteiger partial charge in [-0.25, -0.2) is 18.9 Å². The number of hydrogen-bond acceptors (Lipinski definition) is 5. The fourth-order valence-corrected chi connectivity index (χ4v) is 2.49. The summed E-state index contributed by atoms with van der Waals surface area (Å²) in [7, 11) is 1.27. The molecular formula is C12H20FN5O3S. The van der Waals surface area contributed by atoms with Crippen molar-refractivity contribution < 1.29 is 18.2 Å². The Labute approximate surface area is 131 Å². The molecule has 0 bridgehead atoms. The summed E-state index contributed by atoms with van der Waals surface area (Å²) in [5.41, 5.74) is 0. The SMILES string of the molecule is C/C=S(/C)OC[C@@H](F)CN1C(=O)NC2N(C)C(C)=NN2C1=O. The van der Waals surface area contributed by atoms with Crippen LogP contribution in [0.3, 0.4) is 0 Å². The van der Waals surface area contributed by atoms with Crippen LogP contribution in [0, 0.1) is 0 Å². The molecular weight excluding hydrogens is 313 g/mol. The van der Waals surface area contributed by atoms with Gasteiger partial charge >= 0.3 is 12.1 Å². The molecule has 10 heteroatoms. The van der Waals surface area contributed by atoms with Crippen LogP contribution in [-0.2, 0) is 4.18 Å². The molecule has 0 radical (unpaired) electrons. The van der Waals surface area contributed by atoms with E-state index < -0.39 is 35.3 Å². The Balaban J connectivity index is 2.00. The normalized spacial score (nSPS) is 24.3. The molecule has 2 rings (SSSR count). The Hall–Kier alpha value is -1.68. The number of nitrogens with one attached hydrogen (secondary N) is 1. The first-order valence-electron chi connectivity index (χ1n) is 6.76. The van der Waals surface area contributed by atoms with Crippen LogP contribution < -0.4 is 5.32 Å². The van der Waals surface area contributed by atoms with Gasteiger partial charge < -0.3 is 9.08 Å². The third-order valence-corrected chi connectivity index (χ3v) is 4.61. The summed E-state index contributed by atoms with van der Waals surface area (Å²) < 4.78 is 19.2. The van der Waals surface area contributed by atoms with Crippen molar-refractivity contribution in [2.75, 3.05) is 26.5 Å². The van der Waals surface area contributed by atoms with Crippen molar-refractivity contribution in [1.29, 1.82) is 0 Å². The number of alkyl halides is 1. The number of amides is 4. The summed E-state index contributed by atoms with van der Waals surface area (Å²) in [6.45, 7) is 3.00. The molecule has 0 aliphatic carbocycles. The summed E-state index contributed by atoms with van der Waals surface area (Å²) in [5, 5.41) is 9.62. The number of amidine groups is 1. The minimum atomic E-state index is -1.45. The maximum Gasteiger partial charge on any atom is 0.352 e. The molecule has 2 aliphatic heterocycles. The first-order valence-corrected chi connectivity index (χ1v) is 8.38. The van der Waals surface area contributed by atoms with Crippen LogP contribution in [-0.4, -0.2) is 77.0 Å². The number of imide groups is 1. The number of hydrazone groups is 1. The van der Waals surface area contributed by atoms with Gasteiger partial charge in [0.2, 0.25) is 6.29 Å². The molecule has 0 aromatic heterocycles. The summed E-state index contributed by atoms with van der Waals surface area (Å²) in [4.78, 5) is 26.8. The molecule has 2 aliphatic rings. The summed E-state index contributed by atoms with van der Waals surface area (Å²) in [6, 6.07) is -1.28. The molecule has 1 fully saturated rings. The first-order chi connectivity index (χ1) is 10.3. The lowest BCUT2D eigenvalue weighted by atomic mass is 10.3. The smallest absolute Gasteiger partial charge is 0.323 e. The van der Waals surface area contributed by atoms with Crippen LogP contribution in [0.5, 0.6) is 0 Å². The molecule has 4 amide bonds. The average molecular weight is 333 g/mol. The van der Waals surface area contributed by atoms with E-state index in [4.69, 9.17) is 4.18 Å². The Bertz CT molecular complexity index is 541. The van der Waals surface area contributed by atoms with Crippen LogP contribution in [0.25, 0.3) is 0 Å². The predicted molar refractivity (Wildman–Crippen MR) is 83.2 cm³/mol. The summed E-state index contributed by atoms with van der Waals surface area (Å²) in [5.74, 6) is 0.592. The van der Waals surface area contributed by atoms with Crippen molar-refractivity contribution in [3.05, 3.63) is 0 Å². The van der Waals surface area contributed by atoms with Crippen LogP contribution in [0.15, 0.2) is 5.10 Å². The third-order valence-electron chi connectivity index (χ3n) is 3.43. The largest absolute Gasteiger partial charge is 0.352 e. The van der Waals surface area contributed by atoms with Gasteiger partial charge in [0.25, 0.3) is 0 Å². The predicted octanol–water partition coefficient (Wildman–Crippen LogP) is 0.986. The van der Waals surface area contributed by atoms with Gasteiger partial charge in [0.05, 0.1) is 13.2 Å². The summed E-state index contributed by atoms with van der Waals surface area (Å²) >= 11 is 0. The van der Waals surface area contributed by atoms with E-state index in [-0.39, 0.29) is 13.2 Å². The minimum Gasteiger partial charge on any atom is -0.323 e. The van der Waals surface area contributed by atoms with E-state index >= 15 is 0 Å². The number of nitrogens with zero attached hydrogens (tertiary/aromatic N) is 4. The van der Waals surface area contributed by atoms with Crippen molar-refractivity contribution in [3.63, 3.8) is 0 Å². The van der Waals surface area contributed by atoms with Gasteiger partial charge in [-0.1, -0.05) is 10.8 Å². The topological polar surface area (TPSA) is 77.5 Å². The van der Waals surface area contributed by atoms with E-state index in [1.54, 1.807) is 18.9 Å². The van der Waals surface area contributed by atoms with Gasteiger partial charge in [-0.05, 0) is 19.2 Å². The molecule has 0 saturated carbocycles. The minimum absolute atomic E-state index is 0.174. The highest BCUT2D eigenvalue weighted by Crippen LogP contribution is 2.20. The van der Waals surface area contributed by atoms with Gasteiger partial charge in [0.1, 0.15) is 12.0 Å². The van der Waals surface area contributed by atoms with Gasteiger partial charge in [-0.2, -0.15) is 10.1 Å². The number of fused-ring (bicyclic) bond motifs is 1. The van der Waals surface area contributed by atoms with Crippen molar-refractivity contribution >= 4 is 34.0 Å². The molecule has 3 atom stereocenters. The highest BCUT2D eigenvalue weighted by Gasteiger charge is 2.44. The second-order valence-corrected chi connectivity index (χ2v) is 6.64. The quantitative estimate of drug-likeness (QED) is 0.761. The van der Waals surface area contributed by atoms with Crippen molar-refractivity contribution in [2.45, 2.75) is 26.3 Å². The van der Waals surface area contributed by atoms with E-state index in [1.807, 2.05) is 18.5 Å². The van der Waals surface area contributed by atoms with Crippen molar-refractivity contribution in [2.24, 2.45) is 5.10 Å². The zero-order valence-corrected chi connectivity index (χ0v) is 13.8. The standard InChI is InChI=1S/C12H20FN5O3S/c1-5-22(4)21-7-9(13)6-17-11(19)14-10-16(3)8(2)15-18(10)12(17)20/h5,9-10H,6-7H2,1-4H3,(H,14,19)/t9-,10?,22?/m0/s1. The number of urea groups is 2. The Morgan fingerprint density at radius 2 is 2.23 bits per heavy atom. The first kappa shape index (κ1) is 16.7. The molecule has 1 N–H and O–H groups in total. The van der Waals surface area contributed by atoms with E-state index in [9.17, 15) is 14.0 Å². The van der Waals surface area contributed by atoms with Crippen LogP contribution in [0.4, 0.5) is 14.0 Å². The molecule has 124 valence electrons. The summed E-state index contributed by atoms with van der Waals surface area (Å²) in [6.07, 6.45) is -0.290. The lowest BCUT2D eigenvalue weighted by Crippen LogP contribution is -2.66. The second kappa shape index (κ2) is 6.61. The van der Waals surface area contributed by atoms with Gasteiger partial charge in [-0.3, -0.25) is 5.32 Å². The Morgan fingerprint density at radius 1 is 1.55 bits per heavy atom. The van der Waals surface area contributed by atoms with Gasteiger partial charge in [0, 0.05) is 13.3 Å². The highest BCUT2D eigenvalue weighted by atomic mass is 32.2.